The highest BCUT2D eigenvalue weighted by atomic mass is 32.2. The molecule has 2 unspecified atom stereocenters. The fourth-order valence-electron chi connectivity index (χ4n) is 1.33. The Morgan fingerprint density at radius 1 is 1.31 bits per heavy atom. The summed E-state index contributed by atoms with van der Waals surface area (Å²) < 4.78 is 10.3. The number of rotatable bonds is 11. The Bertz CT molecular complexity index is 145. The van der Waals surface area contributed by atoms with E-state index in [2.05, 4.69) is 12.2 Å². The standard InChI is InChI=1S/C11H25NO3S/c1-10(11(9-13)16-3)12-5-8-15-7-4-6-14-2/h10-13H,4-9H2,1-3H3. The average molecular weight is 251 g/mol. The zero-order chi connectivity index (χ0) is 12.2. The molecule has 0 saturated heterocycles. The summed E-state index contributed by atoms with van der Waals surface area (Å²) in [5.41, 5.74) is 0. The molecule has 0 aliphatic heterocycles. The van der Waals surface area contributed by atoms with Gasteiger partial charge in [0.25, 0.3) is 0 Å². The maximum Gasteiger partial charge on any atom is 0.0591 e. The van der Waals surface area contributed by atoms with Gasteiger partial charge in [-0.3, -0.25) is 0 Å². The number of hydrogen-bond acceptors (Lipinski definition) is 5. The summed E-state index contributed by atoms with van der Waals surface area (Å²) in [6.07, 6.45) is 2.95. The third-order valence-electron chi connectivity index (χ3n) is 2.39. The maximum absolute atomic E-state index is 9.09. The van der Waals surface area contributed by atoms with E-state index in [0.717, 1.165) is 26.2 Å². The largest absolute Gasteiger partial charge is 0.395 e. The van der Waals surface area contributed by atoms with Gasteiger partial charge in [0.05, 0.1) is 13.2 Å². The summed E-state index contributed by atoms with van der Waals surface area (Å²) >= 11 is 1.68. The Hall–Kier alpha value is 0.190. The lowest BCUT2D eigenvalue weighted by Crippen LogP contribution is -2.39. The third-order valence-corrected chi connectivity index (χ3v) is 3.55. The van der Waals surface area contributed by atoms with Crippen LogP contribution in [-0.4, -0.2) is 62.7 Å². The molecule has 0 heterocycles. The molecule has 0 rings (SSSR count). The number of ether oxygens (including phenoxy) is 2. The van der Waals surface area contributed by atoms with Gasteiger partial charge in [-0.1, -0.05) is 0 Å². The smallest absolute Gasteiger partial charge is 0.0591 e. The quantitative estimate of drug-likeness (QED) is 0.531. The molecule has 98 valence electrons. The number of nitrogens with one attached hydrogen (secondary N) is 1. The second-order valence-corrected chi connectivity index (χ2v) is 4.74. The Morgan fingerprint density at radius 3 is 2.62 bits per heavy atom. The molecular formula is C11H25NO3S. The van der Waals surface area contributed by atoms with Crippen LogP contribution < -0.4 is 5.32 Å². The molecule has 4 nitrogen and oxygen atoms in total. The second kappa shape index (κ2) is 11.7. The van der Waals surface area contributed by atoms with Gasteiger partial charge in [0, 0.05) is 38.2 Å². The van der Waals surface area contributed by atoms with Gasteiger partial charge in [0.2, 0.25) is 0 Å². The van der Waals surface area contributed by atoms with Crippen LogP contribution in [0.3, 0.4) is 0 Å². The van der Waals surface area contributed by atoms with E-state index in [0.29, 0.717) is 12.6 Å². The minimum Gasteiger partial charge on any atom is -0.395 e. The normalized spacial score (nSPS) is 15.0. The summed E-state index contributed by atoms with van der Waals surface area (Å²) in [7, 11) is 1.70. The molecule has 2 atom stereocenters. The molecule has 0 aromatic heterocycles. The van der Waals surface area contributed by atoms with Gasteiger partial charge in [0.15, 0.2) is 0 Å². The van der Waals surface area contributed by atoms with Crippen molar-refractivity contribution in [3.05, 3.63) is 0 Å². The van der Waals surface area contributed by atoms with Crippen LogP contribution in [0.2, 0.25) is 0 Å². The van der Waals surface area contributed by atoms with Gasteiger partial charge < -0.3 is 19.9 Å². The van der Waals surface area contributed by atoms with Crippen molar-refractivity contribution in [2.45, 2.75) is 24.6 Å². The minimum absolute atomic E-state index is 0.212. The van der Waals surface area contributed by atoms with Crippen LogP contribution in [0.1, 0.15) is 13.3 Å². The first-order valence-electron chi connectivity index (χ1n) is 5.70. The SMILES string of the molecule is COCCCOCCNC(C)C(CO)SC. The van der Waals surface area contributed by atoms with Gasteiger partial charge in [-0.2, -0.15) is 11.8 Å². The topological polar surface area (TPSA) is 50.7 Å². The summed E-state index contributed by atoms with van der Waals surface area (Å²) in [5.74, 6) is 0. The van der Waals surface area contributed by atoms with Crippen molar-refractivity contribution in [3.8, 4) is 0 Å². The first-order valence-corrected chi connectivity index (χ1v) is 6.98. The van der Waals surface area contributed by atoms with Gasteiger partial charge >= 0.3 is 0 Å². The molecule has 2 N–H and O–H groups in total. The lowest BCUT2D eigenvalue weighted by atomic mass is 10.2. The first-order chi connectivity index (χ1) is 7.76. The highest BCUT2D eigenvalue weighted by Crippen LogP contribution is 2.09. The summed E-state index contributed by atoms with van der Waals surface area (Å²) in [5, 5.41) is 12.7. The predicted octanol–water partition coefficient (Wildman–Crippen LogP) is 0.742. The van der Waals surface area contributed by atoms with E-state index >= 15 is 0 Å². The first kappa shape index (κ1) is 16.2. The number of hydrogen-bond donors (Lipinski definition) is 2. The van der Waals surface area contributed by atoms with Crippen LogP contribution in [0.15, 0.2) is 0 Å². The summed E-state index contributed by atoms with van der Waals surface area (Å²) in [6.45, 7) is 5.33. The van der Waals surface area contributed by atoms with Gasteiger partial charge in [-0.15, -0.1) is 0 Å². The van der Waals surface area contributed by atoms with E-state index in [9.17, 15) is 0 Å². The Kier molecular flexibility index (Phi) is 11.8. The lowest BCUT2D eigenvalue weighted by Gasteiger charge is -2.21. The van der Waals surface area contributed by atoms with Crippen LogP contribution in [-0.2, 0) is 9.47 Å². The lowest BCUT2D eigenvalue weighted by molar-refractivity contribution is 0.103. The number of aliphatic hydroxyl groups excluding tert-OH is 1. The Balaban J connectivity index is 3.30. The predicted molar refractivity (Wildman–Crippen MR) is 69.2 cm³/mol. The number of aliphatic hydroxyl groups is 1. The molecule has 0 aliphatic carbocycles. The van der Waals surface area contributed by atoms with Crippen LogP contribution in [0.25, 0.3) is 0 Å². The van der Waals surface area contributed by atoms with Crippen molar-refractivity contribution in [1.29, 1.82) is 0 Å². The van der Waals surface area contributed by atoms with E-state index in [4.69, 9.17) is 14.6 Å². The summed E-state index contributed by atoms with van der Waals surface area (Å²) in [4.78, 5) is 0. The zero-order valence-electron chi connectivity index (χ0n) is 10.6. The molecular weight excluding hydrogens is 226 g/mol. The van der Waals surface area contributed by atoms with Crippen LogP contribution in [0, 0.1) is 0 Å². The van der Waals surface area contributed by atoms with Crippen LogP contribution >= 0.6 is 11.8 Å². The highest BCUT2D eigenvalue weighted by molar-refractivity contribution is 7.99. The molecule has 0 radical (unpaired) electrons. The van der Waals surface area contributed by atoms with Gasteiger partial charge in [0.1, 0.15) is 0 Å². The third kappa shape index (κ3) is 8.35. The van der Waals surface area contributed by atoms with E-state index in [1.807, 2.05) is 6.26 Å². The van der Waals surface area contributed by atoms with Crippen LogP contribution in [0.4, 0.5) is 0 Å². The van der Waals surface area contributed by atoms with E-state index < -0.39 is 0 Å². The summed E-state index contributed by atoms with van der Waals surface area (Å²) in [6, 6.07) is 0.308. The van der Waals surface area contributed by atoms with E-state index in [1.54, 1.807) is 18.9 Å². The molecule has 0 fully saturated rings. The molecule has 0 spiro atoms. The molecule has 0 bridgehead atoms. The molecule has 5 heteroatoms. The fraction of sp³-hybridized carbons (Fsp3) is 1.00. The Morgan fingerprint density at radius 2 is 2.06 bits per heavy atom. The van der Waals surface area contributed by atoms with Crippen molar-refractivity contribution in [2.24, 2.45) is 0 Å². The van der Waals surface area contributed by atoms with Gasteiger partial charge in [-0.25, -0.2) is 0 Å². The molecule has 0 aliphatic rings. The van der Waals surface area contributed by atoms with E-state index in [-0.39, 0.29) is 11.9 Å². The number of methoxy groups -OCH3 is 1. The molecule has 16 heavy (non-hydrogen) atoms. The zero-order valence-corrected chi connectivity index (χ0v) is 11.4. The van der Waals surface area contributed by atoms with Crippen molar-refractivity contribution in [3.63, 3.8) is 0 Å². The second-order valence-electron chi connectivity index (χ2n) is 3.66. The Labute approximate surface area is 103 Å². The highest BCUT2D eigenvalue weighted by Gasteiger charge is 2.13. The monoisotopic (exact) mass is 251 g/mol. The molecule has 0 aromatic carbocycles. The number of thioether (sulfide) groups is 1. The van der Waals surface area contributed by atoms with Gasteiger partial charge in [-0.05, 0) is 19.6 Å². The maximum atomic E-state index is 9.09. The molecule has 0 saturated carbocycles. The fourth-order valence-corrected chi connectivity index (χ4v) is 1.99. The van der Waals surface area contributed by atoms with Crippen molar-refractivity contribution in [2.75, 3.05) is 46.3 Å². The molecule has 0 aromatic rings. The average Bonchev–Trinajstić information content (AvgIpc) is 2.29. The van der Waals surface area contributed by atoms with E-state index in [1.165, 1.54) is 0 Å². The van der Waals surface area contributed by atoms with Crippen molar-refractivity contribution >= 4 is 11.8 Å². The van der Waals surface area contributed by atoms with Crippen molar-refractivity contribution in [1.82, 2.24) is 5.32 Å². The van der Waals surface area contributed by atoms with Crippen molar-refractivity contribution < 1.29 is 14.6 Å². The van der Waals surface area contributed by atoms with Crippen LogP contribution in [0.5, 0.6) is 0 Å². The molecule has 0 amide bonds. The minimum atomic E-state index is 0.212.